The van der Waals surface area contributed by atoms with E-state index >= 15 is 0 Å². The number of terminal acetylenes is 1. The maximum absolute atomic E-state index is 5.67. The number of allylic oxidation sites excluding steroid dienone is 3. The molecule has 0 saturated heterocycles. The minimum absolute atomic E-state index is 0.242. The maximum Gasteiger partial charge on any atom is 0.0500 e. The number of fused-ring (bicyclic) bond motifs is 1. The van der Waals surface area contributed by atoms with Gasteiger partial charge in [-0.1, -0.05) is 73.3 Å². The Balaban J connectivity index is 2.30. The van der Waals surface area contributed by atoms with Crippen molar-refractivity contribution in [3.63, 3.8) is 0 Å². The zero-order valence-electron chi connectivity index (χ0n) is 11.3. The summed E-state index contributed by atoms with van der Waals surface area (Å²) in [5.41, 5.74) is 4.47. The molecular formula is C20H16. The van der Waals surface area contributed by atoms with E-state index in [9.17, 15) is 0 Å². The number of benzene rings is 2. The van der Waals surface area contributed by atoms with E-state index in [1.807, 2.05) is 6.07 Å². The normalized spacial score (nSPS) is 20.2. The molecule has 0 nitrogen and oxygen atoms in total. The molecule has 1 aliphatic carbocycles. The van der Waals surface area contributed by atoms with E-state index in [2.05, 4.69) is 73.2 Å². The van der Waals surface area contributed by atoms with Gasteiger partial charge < -0.3 is 0 Å². The van der Waals surface area contributed by atoms with Crippen molar-refractivity contribution < 1.29 is 0 Å². The van der Waals surface area contributed by atoms with Crippen LogP contribution in [0, 0.1) is 12.3 Å². The fourth-order valence-corrected chi connectivity index (χ4v) is 2.98. The summed E-state index contributed by atoms with van der Waals surface area (Å²) in [6.07, 6.45) is 10.6. The van der Waals surface area contributed by atoms with Gasteiger partial charge in [0.1, 0.15) is 0 Å². The van der Waals surface area contributed by atoms with Crippen molar-refractivity contribution in [1.82, 2.24) is 0 Å². The van der Waals surface area contributed by atoms with E-state index in [4.69, 9.17) is 6.42 Å². The molecule has 0 saturated carbocycles. The Kier molecular flexibility index (Phi) is 3.05. The average Bonchev–Trinajstić information content (AvgIpc) is 2.52. The number of hydrogen-bond donors (Lipinski definition) is 0. The zero-order chi connectivity index (χ0) is 14.0. The molecule has 0 aromatic heterocycles. The topological polar surface area (TPSA) is 0 Å². The van der Waals surface area contributed by atoms with Crippen LogP contribution in [0.15, 0.2) is 73.3 Å². The molecule has 1 unspecified atom stereocenters. The van der Waals surface area contributed by atoms with Crippen LogP contribution in [0.25, 0.3) is 5.57 Å². The molecule has 0 bridgehead atoms. The van der Waals surface area contributed by atoms with Gasteiger partial charge >= 0.3 is 0 Å². The molecule has 0 fully saturated rings. The van der Waals surface area contributed by atoms with Gasteiger partial charge in [-0.25, -0.2) is 0 Å². The van der Waals surface area contributed by atoms with Crippen molar-refractivity contribution >= 4 is 5.57 Å². The van der Waals surface area contributed by atoms with Gasteiger partial charge in [-0.2, -0.15) is 0 Å². The van der Waals surface area contributed by atoms with E-state index in [0.29, 0.717) is 6.42 Å². The Bertz CT molecular complexity index is 713. The van der Waals surface area contributed by atoms with E-state index in [0.717, 1.165) is 5.57 Å². The molecule has 2 aromatic carbocycles. The van der Waals surface area contributed by atoms with Gasteiger partial charge in [0.05, 0.1) is 0 Å². The highest BCUT2D eigenvalue weighted by atomic mass is 14.4. The Morgan fingerprint density at radius 3 is 2.45 bits per heavy atom. The minimum Gasteiger partial charge on any atom is -0.120 e. The lowest BCUT2D eigenvalue weighted by molar-refractivity contribution is 0.659. The second kappa shape index (κ2) is 4.87. The molecule has 0 heterocycles. The molecule has 0 radical (unpaired) electrons. The van der Waals surface area contributed by atoms with Crippen LogP contribution in [-0.4, -0.2) is 0 Å². The first-order valence-corrected chi connectivity index (χ1v) is 6.75. The lowest BCUT2D eigenvalue weighted by Crippen LogP contribution is -2.28. The molecule has 0 spiro atoms. The zero-order valence-corrected chi connectivity index (χ0v) is 11.3. The van der Waals surface area contributed by atoms with E-state index in [1.54, 1.807) is 0 Å². The van der Waals surface area contributed by atoms with Gasteiger partial charge in [0.25, 0.3) is 0 Å². The molecule has 0 amide bonds. The molecule has 0 aliphatic heterocycles. The van der Waals surface area contributed by atoms with Gasteiger partial charge in [0.2, 0.25) is 0 Å². The molecule has 2 aromatic rings. The van der Waals surface area contributed by atoms with Gasteiger partial charge in [-0.3, -0.25) is 0 Å². The predicted molar refractivity (Wildman–Crippen MR) is 85.3 cm³/mol. The lowest BCUT2D eigenvalue weighted by atomic mass is 9.67. The molecule has 3 rings (SSSR count). The maximum atomic E-state index is 5.67. The van der Waals surface area contributed by atoms with Gasteiger partial charge in [0, 0.05) is 11.8 Å². The number of rotatable bonds is 2. The summed E-state index contributed by atoms with van der Waals surface area (Å²) in [5.74, 6) is 2.85. The van der Waals surface area contributed by atoms with Gasteiger partial charge in [-0.05, 0) is 22.3 Å². The van der Waals surface area contributed by atoms with Crippen LogP contribution in [0.1, 0.15) is 23.1 Å². The Labute approximate surface area is 120 Å². The highest BCUT2D eigenvalue weighted by Crippen LogP contribution is 2.43. The minimum atomic E-state index is -0.242. The molecule has 0 N–H and O–H groups in total. The quantitative estimate of drug-likeness (QED) is 0.690. The molecule has 20 heavy (non-hydrogen) atoms. The third kappa shape index (κ3) is 1.80. The average molecular weight is 256 g/mol. The van der Waals surface area contributed by atoms with Crippen molar-refractivity contribution in [3.05, 3.63) is 90.0 Å². The smallest absolute Gasteiger partial charge is 0.0500 e. The number of hydrogen-bond acceptors (Lipinski definition) is 0. The van der Waals surface area contributed by atoms with Gasteiger partial charge in [-0.15, -0.1) is 12.3 Å². The van der Waals surface area contributed by atoms with Crippen LogP contribution in [0.3, 0.4) is 0 Å². The fourth-order valence-electron chi connectivity index (χ4n) is 2.98. The van der Waals surface area contributed by atoms with Crippen molar-refractivity contribution in [2.75, 3.05) is 0 Å². The summed E-state index contributed by atoms with van der Waals surface area (Å²) in [6, 6.07) is 18.8. The van der Waals surface area contributed by atoms with Crippen LogP contribution in [0.5, 0.6) is 0 Å². The Morgan fingerprint density at radius 1 is 1.00 bits per heavy atom. The largest absolute Gasteiger partial charge is 0.120 e. The first-order chi connectivity index (χ1) is 9.78. The fraction of sp³-hybridized carbons (Fsp3) is 0.100. The Morgan fingerprint density at radius 2 is 1.70 bits per heavy atom. The standard InChI is InChI=1S/C20H16/c1-3-14-20(17-9-5-4-6-10-17)15-13-16(2)18-11-7-8-12-19(18)20/h1,4-13,15H,2,14H2. The summed E-state index contributed by atoms with van der Waals surface area (Å²) in [7, 11) is 0. The van der Waals surface area contributed by atoms with E-state index < -0.39 is 0 Å². The van der Waals surface area contributed by atoms with Gasteiger partial charge in [0.15, 0.2) is 0 Å². The van der Waals surface area contributed by atoms with Crippen molar-refractivity contribution in [2.24, 2.45) is 0 Å². The lowest BCUT2D eigenvalue weighted by Gasteiger charge is -2.35. The van der Waals surface area contributed by atoms with Crippen molar-refractivity contribution in [1.29, 1.82) is 0 Å². The molecular weight excluding hydrogens is 240 g/mol. The van der Waals surface area contributed by atoms with Crippen molar-refractivity contribution in [2.45, 2.75) is 11.8 Å². The molecule has 96 valence electrons. The first kappa shape index (κ1) is 12.5. The monoisotopic (exact) mass is 256 g/mol. The van der Waals surface area contributed by atoms with Crippen LogP contribution in [-0.2, 0) is 5.41 Å². The summed E-state index contributed by atoms with van der Waals surface area (Å²) in [5, 5.41) is 0. The summed E-state index contributed by atoms with van der Waals surface area (Å²) in [6.45, 7) is 4.14. The highest BCUT2D eigenvalue weighted by Gasteiger charge is 2.35. The molecule has 1 aliphatic rings. The molecule has 0 heteroatoms. The Hall–Kier alpha value is -2.52. The predicted octanol–water partition coefficient (Wildman–Crippen LogP) is 4.58. The third-order valence-corrected chi connectivity index (χ3v) is 3.99. The van der Waals surface area contributed by atoms with Crippen LogP contribution >= 0.6 is 0 Å². The van der Waals surface area contributed by atoms with E-state index in [-0.39, 0.29) is 5.41 Å². The summed E-state index contributed by atoms with van der Waals surface area (Å²) >= 11 is 0. The first-order valence-electron chi connectivity index (χ1n) is 6.75. The van der Waals surface area contributed by atoms with Crippen LogP contribution in [0.4, 0.5) is 0 Å². The van der Waals surface area contributed by atoms with Crippen molar-refractivity contribution in [3.8, 4) is 12.3 Å². The van der Waals surface area contributed by atoms with E-state index in [1.165, 1.54) is 16.7 Å². The molecule has 1 atom stereocenters. The summed E-state index contributed by atoms with van der Waals surface area (Å²) < 4.78 is 0. The van der Waals surface area contributed by atoms with Crippen LogP contribution in [0.2, 0.25) is 0 Å². The second-order valence-corrected chi connectivity index (χ2v) is 5.12. The van der Waals surface area contributed by atoms with Crippen LogP contribution < -0.4 is 0 Å². The third-order valence-electron chi connectivity index (χ3n) is 3.99. The summed E-state index contributed by atoms with van der Waals surface area (Å²) in [4.78, 5) is 0. The highest BCUT2D eigenvalue weighted by molar-refractivity contribution is 5.79. The second-order valence-electron chi connectivity index (χ2n) is 5.12. The SMILES string of the molecule is C#CCC1(c2ccccc2)C=CC(=C)c2ccccc21.